The van der Waals surface area contributed by atoms with Crippen LogP contribution in [-0.2, 0) is 13.2 Å². The number of para-hydroxylation sites is 2. The highest BCUT2D eigenvalue weighted by molar-refractivity contribution is 6.30. The maximum absolute atomic E-state index is 6.00. The third-order valence-electron chi connectivity index (χ3n) is 5.12. The minimum absolute atomic E-state index is 0.390. The van der Waals surface area contributed by atoms with E-state index in [4.69, 9.17) is 21.3 Å². The van der Waals surface area contributed by atoms with Crippen LogP contribution >= 0.6 is 11.6 Å². The van der Waals surface area contributed by atoms with E-state index >= 15 is 0 Å². The van der Waals surface area contributed by atoms with Gasteiger partial charge in [-0.25, -0.2) is 4.98 Å². The van der Waals surface area contributed by atoms with Gasteiger partial charge in [0, 0.05) is 5.02 Å². The predicted molar refractivity (Wildman–Crippen MR) is 119 cm³/mol. The lowest BCUT2D eigenvalue weighted by atomic mass is 10.0. The summed E-state index contributed by atoms with van der Waals surface area (Å²) < 4.78 is 8.24. The lowest BCUT2D eigenvalue weighted by molar-refractivity contribution is 0.291. The van der Waals surface area contributed by atoms with Crippen molar-refractivity contribution in [2.45, 2.75) is 13.2 Å². The fourth-order valence-electron chi connectivity index (χ4n) is 3.69. The van der Waals surface area contributed by atoms with Crippen molar-refractivity contribution >= 4 is 33.4 Å². The van der Waals surface area contributed by atoms with Crippen LogP contribution in [0.4, 0.5) is 0 Å². The minimum atomic E-state index is 0.390. The summed E-state index contributed by atoms with van der Waals surface area (Å²) in [5, 5.41) is 3.20. The zero-order valence-corrected chi connectivity index (χ0v) is 16.5. The van der Waals surface area contributed by atoms with E-state index < -0.39 is 0 Å². The van der Waals surface area contributed by atoms with Crippen molar-refractivity contribution < 1.29 is 4.74 Å². The van der Waals surface area contributed by atoms with Gasteiger partial charge < -0.3 is 9.30 Å². The molecule has 1 aromatic heterocycles. The second-order valence-electron chi connectivity index (χ2n) is 6.98. The summed E-state index contributed by atoms with van der Waals surface area (Å²) in [7, 11) is 0. The topological polar surface area (TPSA) is 27.1 Å². The fraction of sp³-hybridized carbons (Fsp3) is 0.0800. The third kappa shape index (κ3) is 3.57. The highest BCUT2D eigenvalue weighted by Crippen LogP contribution is 2.24. The van der Waals surface area contributed by atoms with Crippen molar-refractivity contribution in [3.05, 3.63) is 107 Å². The van der Waals surface area contributed by atoms with E-state index in [0.717, 1.165) is 29.2 Å². The van der Waals surface area contributed by atoms with Crippen LogP contribution in [0.25, 0.3) is 21.8 Å². The van der Waals surface area contributed by atoms with Gasteiger partial charge in [0.2, 0.25) is 0 Å². The molecule has 1 heterocycles. The molecule has 3 nitrogen and oxygen atoms in total. The summed E-state index contributed by atoms with van der Waals surface area (Å²) in [6.07, 6.45) is 0. The maximum Gasteiger partial charge on any atom is 0.148 e. The first-order valence-corrected chi connectivity index (χ1v) is 9.95. The van der Waals surface area contributed by atoms with Crippen molar-refractivity contribution in [2.75, 3.05) is 0 Å². The zero-order chi connectivity index (χ0) is 19.6. The van der Waals surface area contributed by atoms with E-state index in [9.17, 15) is 0 Å². The Labute approximate surface area is 174 Å². The molecule has 0 saturated heterocycles. The molecule has 0 fully saturated rings. The quantitative estimate of drug-likeness (QED) is 0.339. The summed E-state index contributed by atoms with van der Waals surface area (Å²) in [4.78, 5) is 4.83. The number of imidazole rings is 1. The monoisotopic (exact) mass is 398 g/mol. The second kappa shape index (κ2) is 7.61. The van der Waals surface area contributed by atoms with E-state index in [2.05, 4.69) is 53.1 Å². The fourth-order valence-corrected chi connectivity index (χ4v) is 3.82. The molecule has 0 aliphatic carbocycles. The molecule has 0 atom stereocenters. The maximum atomic E-state index is 6.00. The summed E-state index contributed by atoms with van der Waals surface area (Å²) >= 11 is 5.97. The molecule has 0 N–H and O–H groups in total. The molecule has 0 unspecified atom stereocenters. The van der Waals surface area contributed by atoms with Gasteiger partial charge in [-0.2, -0.15) is 0 Å². The van der Waals surface area contributed by atoms with Crippen LogP contribution in [0.5, 0.6) is 5.75 Å². The Morgan fingerprint density at radius 3 is 2.45 bits per heavy atom. The van der Waals surface area contributed by atoms with Crippen LogP contribution in [0.1, 0.15) is 11.4 Å². The Bertz CT molecular complexity index is 1290. The number of rotatable bonds is 5. The third-order valence-corrected chi connectivity index (χ3v) is 5.38. The van der Waals surface area contributed by atoms with E-state index in [1.54, 1.807) is 0 Å². The number of ether oxygens (including phenoxy) is 1. The largest absolute Gasteiger partial charge is 0.486 e. The number of hydrogen-bond donors (Lipinski definition) is 0. The molecule has 0 saturated carbocycles. The van der Waals surface area contributed by atoms with Crippen molar-refractivity contribution in [1.82, 2.24) is 9.55 Å². The van der Waals surface area contributed by atoms with Gasteiger partial charge in [-0.1, -0.05) is 66.2 Å². The lowest BCUT2D eigenvalue weighted by Gasteiger charge is -2.13. The predicted octanol–water partition coefficient (Wildman–Crippen LogP) is 6.47. The number of aromatic nitrogens is 2. The summed E-state index contributed by atoms with van der Waals surface area (Å²) in [5.41, 5.74) is 3.34. The molecule has 0 radical (unpaired) electrons. The number of benzene rings is 4. The molecule has 0 spiro atoms. The Morgan fingerprint density at radius 1 is 0.793 bits per heavy atom. The van der Waals surface area contributed by atoms with Crippen LogP contribution < -0.4 is 4.74 Å². The van der Waals surface area contributed by atoms with E-state index in [0.29, 0.717) is 11.6 Å². The summed E-state index contributed by atoms with van der Waals surface area (Å²) in [5.74, 6) is 1.67. The van der Waals surface area contributed by atoms with Crippen LogP contribution in [0.3, 0.4) is 0 Å². The van der Waals surface area contributed by atoms with Crippen LogP contribution in [-0.4, -0.2) is 9.55 Å². The van der Waals surface area contributed by atoms with Crippen molar-refractivity contribution in [3.8, 4) is 5.75 Å². The lowest BCUT2D eigenvalue weighted by Crippen LogP contribution is -2.08. The van der Waals surface area contributed by atoms with E-state index in [-0.39, 0.29) is 0 Å². The van der Waals surface area contributed by atoms with Crippen molar-refractivity contribution in [3.63, 3.8) is 0 Å². The first-order chi connectivity index (χ1) is 14.3. The van der Waals surface area contributed by atoms with Gasteiger partial charge in [-0.15, -0.1) is 0 Å². The summed E-state index contributed by atoms with van der Waals surface area (Å²) in [6.45, 7) is 1.13. The van der Waals surface area contributed by atoms with Gasteiger partial charge in [0.05, 0.1) is 17.6 Å². The first kappa shape index (κ1) is 17.8. The number of hydrogen-bond acceptors (Lipinski definition) is 2. The smallest absolute Gasteiger partial charge is 0.148 e. The van der Waals surface area contributed by atoms with Crippen LogP contribution in [0, 0.1) is 0 Å². The van der Waals surface area contributed by atoms with Gasteiger partial charge >= 0.3 is 0 Å². The molecule has 29 heavy (non-hydrogen) atoms. The molecular weight excluding hydrogens is 380 g/mol. The Hall–Kier alpha value is -3.30. The highest BCUT2D eigenvalue weighted by atomic mass is 35.5. The van der Waals surface area contributed by atoms with Crippen molar-refractivity contribution in [1.29, 1.82) is 0 Å². The normalized spacial score (nSPS) is 11.2. The molecule has 0 amide bonds. The average Bonchev–Trinajstić information content (AvgIpc) is 3.11. The van der Waals surface area contributed by atoms with Gasteiger partial charge in [-0.05, 0) is 52.7 Å². The van der Waals surface area contributed by atoms with Gasteiger partial charge in [0.1, 0.15) is 18.2 Å². The Balaban J connectivity index is 1.53. The standard InChI is InChI=1S/C25H19ClN2O/c26-20-12-14-21(15-13-20)29-17-25-27-23-10-3-4-11-24(23)28(25)16-19-8-5-7-18-6-1-2-9-22(18)19/h1-15H,16-17H2. The SMILES string of the molecule is Clc1ccc(OCc2nc3ccccc3n2Cc2cccc3ccccc23)cc1. The zero-order valence-electron chi connectivity index (χ0n) is 15.8. The number of nitrogens with zero attached hydrogens (tertiary/aromatic N) is 2. The first-order valence-electron chi connectivity index (χ1n) is 9.57. The molecule has 142 valence electrons. The number of halogens is 1. The molecular formula is C25H19ClN2O. The Kier molecular flexibility index (Phi) is 4.66. The summed E-state index contributed by atoms with van der Waals surface area (Å²) in [6, 6.07) is 30.5. The average molecular weight is 399 g/mol. The van der Waals surface area contributed by atoms with Gasteiger partial charge in [0.25, 0.3) is 0 Å². The molecule has 5 rings (SSSR count). The highest BCUT2D eigenvalue weighted by Gasteiger charge is 2.13. The second-order valence-corrected chi connectivity index (χ2v) is 7.42. The number of fused-ring (bicyclic) bond motifs is 2. The van der Waals surface area contributed by atoms with Crippen molar-refractivity contribution in [2.24, 2.45) is 0 Å². The van der Waals surface area contributed by atoms with Crippen LogP contribution in [0.15, 0.2) is 91.0 Å². The molecule has 0 bridgehead atoms. The van der Waals surface area contributed by atoms with E-state index in [1.807, 2.05) is 42.5 Å². The van der Waals surface area contributed by atoms with Gasteiger partial charge in [0.15, 0.2) is 0 Å². The van der Waals surface area contributed by atoms with Crippen LogP contribution in [0.2, 0.25) is 5.02 Å². The molecule has 5 aromatic rings. The minimum Gasteiger partial charge on any atom is -0.486 e. The molecule has 4 aromatic carbocycles. The molecule has 0 aliphatic heterocycles. The molecule has 4 heteroatoms. The van der Waals surface area contributed by atoms with Gasteiger partial charge in [-0.3, -0.25) is 0 Å². The Morgan fingerprint density at radius 2 is 1.55 bits per heavy atom. The van der Waals surface area contributed by atoms with E-state index in [1.165, 1.54) is 16.3 Å². The molecule has 0 aliphatic rings.